The minimum absolute atomic E-state index is 0. The number of imidazole rings is 1. The number of benzene rings is 10. The zero-order chi connectivity index (χ0) is 78.7. The van der Waals surface area contributed by atoms with Crippen molar-refractivity contribution in [3.05, 3.63) is 283 Å². The van der Waals surface area contributed by atoms with Gasteiger partial charge in [-0.15, -0.1) is 29.7 Å². The molecule has 83 heavy (non-hydrogen) atoms. The van der Waals surface area contributed by atoms with Crippen molar-refractivity contribution in [2.45, 2.75) is 66.1 Å². The van der Waals surface area contributed by atoms with E-state index in [1.807, 2.05) is 47.0 Å². The number of rotatable bonds is 11. The van der Waals surface area contributed by atoms with Gasteiger partial charge in [-0.25, -0.2) is 4.98 Å². The Morgan fingerprint density at radius 3 is 1.82 bits per heavy atom. The molecule has 10 aromatic carbocycles. The van der Waals surface area contributed by atoms with Gasteiger partial charge in [0, 0.05) is 52.5 Å². The van der Waals surface area contributed by atoms with Crippen molar-refractivity contribution in [1.29, 1.82) is 0 Å². The molecule has 0 atom stereocenters. The molecule has 13 rings (SSSR count). The van der Waals surface area contributed by atoms with Crippen LogP contribution in [-0.2, 0) is 31.9 Å². The first-order valence-corrected chi connectivity index (χ1v) is 28.2. The molecule has 0 saturated heterocycles. The molecule has 0 spiro atoms. The van der Waals surface area contributed by atoms with E-state index >= 15 is 0 Å². The average Bonchev–Trinajstić information content (AvgIpc) is 1.36. The smallest absolute Gasteiger partial charge is 0.268 e. The normalized spacial score (nSPS) is 16.7. The van der Waals surface area contributed by atoms with Crippen LogP contribution in [0.3, 0.4) is 0 Å². The number of nitrogens with zero attached hydrogens (tertiary/aromatic N) is 4. The molecular formula is C76H64N4OPtSi-2. The molecule has 5 nitrogen and oxygen atoms in total. The number of ether oxygens (including phenoxy) is 1. The Hall–Kier alpha value is -8.67. The van der Waals surface area contributed by atoms with Gasteiger partial charge in [0.15, 0.2) is 8.07 Å². The molecule has 0 aliphatic heterocycles. The van der Waals surface area contributed by atoms with Gasteiger partial charge >= 0.3 is 0 Å². The summed E-state index contributed by atoms with van der Waals surface area (Å²) < 4.78 is 255. The van der Waals surface area contributed by atoms with Crippen molar-refractivity contribution in [1.82, 2.24) is 14.1 Å². The molecule has 7 heteroatoms. The van der Waals surface area contributed by atoms with Crippen LogP contribution < -0.4 is 30.1 Å². The summed E-state index contributed by atoms with van der Waals surface area (Å²) in [6.45, 7) is 5.43. The van der Waals surface area contributed by atoms with Crippen LogP contribution in [0.4, 0.5) is 0 Å². The average molecular weight is 1300 g/mol. The zero-order valence-corrected chi connectivity index (χ0v) is 48.8. The fourth-order valence-corrected chi connectivity index (χ4v) is 14.8. The third kappa shape index (κ3) is 9.88. The Morgan fingerprint density at radius 1 is 0.554 bits per heavy atom. The minimum atomic E-state index is -6.36. The van der Waals surface area contributed by atoms with Crippen LogP contribution in [0.5, 0.6) is 11.5 Å². The Morgan fingerprint density at radius 2 is 1.18 bits per heavy atom. The quantitative estimate of drug-likeness (QED) is 0.0560. The summed E-state index contributed by atoms with van der Waals surface area (Å²) in [5.41, 5.74) is -1.10. The number of hydrogen-bond acceptors (Lipinski definition) is 2. The topological polar surface area (TPSA) is 35.9 Å². The van der Waals surface area contributed by atoms with E-state index < -0.39 is 174 Å². The molecule has 13 aromatic rings. The van der Waals surface area contributed by atoms with E-state index in [4.69, 9.17) is 26.2 Å². The van der Waals surface area contributed by atoms with Gasteiger partial charge in [-0.2, -0.15) is 18.2 Å². The second-order valence-corrected chi connectivity index (χ2v) is 25.3. The van der Waals surface area contributed by atoms with Gasteiger partial charge in [0.25, 0.3) is 6.33 Å². The van der Waals surface area contributed by atoms with E-state index in [0.29, 0.717) is 11.3 Å². The van der Waals surface area contributed by atoms with Crippen LogP contribution in [0.1, 0.15) is 99.4 Å². The molecule has 3 heterocycles. The van der Waals surface area contributed by atoms with E-state index in [-0.39, 0.29) is 93.8 Å². The maximum Gasteiger partial charge on any atom is 0.268 e. The van der Waals surface area contributed by atoms with E-state index in [2.05, 4.69) is 39.2 Å². The van der Waals surface area contributed by atoms with Gasteiger partial charge in [-0.3, -0.25) is 4.57 Å². The predicted molar refractivity (Wildman–Crippen MR) is 341 cm³/mol. The minimum Gasteiger partial charge on any atom is -0.510 e. The second kappa shape index (κ2) is 21.9. The number of pyridine rings is 1. The number of para-hydroxylation sites is 1. The molecule has 0 aliphatic rings. The van der Waals surface area contributed by atoms with Crippen LogP contribution >= 0.6 is 0 Å². The van der Waals surface area contributed by atoms with Crippen LogP contribution in [0.15, 0.2) is 242 Å². The number of aromatic nitrogens is 4. The molecule has 0 unspecified atom stereocenters. The standard InChI is InChI=1S/C76H64N4OSi.Pt/c1-52-25-23-26-53(2)73(52)55-39-42-68-70(46-55)78(58-29-24-30-59(49-58)81-60-40-41-65-64-37-21-22-38-67(64)80(69(65)50-60)72-48-57(43-44-77-72)75(3,4)5)51-79(68)74-66(76(6,7)8)45-56(54-27-13-9-14-28-54)47-71(74)82(61-31-15-10-16-32-61,62-33-17-11-18-34-62)63-35-19-12-20-36-63;/h9-48H,1-8H3;/q-2;/i1D3,2D3,9D,10D,11D,12D,13D,14D,15D,16D,17D,18D,19D,20D,27D,28D,31D,32D,33D,34D,35D,36D;. The first-order valence-electron chi connectivity index (χ1n) is 39.2. The van der Waals surface area contributed by atoms with Crippen LogP contribution in [0.2, 0.25) is 0 Å². The van der Waals surface area contributed by atoms with Crippen molar-refractivity contribution in [2.24, 2.45) is 0 Å². The van der Waals surface area contributed by atoms with Crippen molar-refractivity contribution >= 4 is 61.7 Å². The van der Waals surface area contributed by atoms with Crippen molar-refractivity contribution in [3.8, 4) is 50.9 Å². The molecule has 3 aromatic heterocycles. The fourth-order valence-electron chi connectivity index (χ4n) is 10.8. The third-order valence-corrected chi connectivity index (χ3v) is 18.8. The zero-order valence-electron chi connectivity index (χ0n) is 71.6. The number of fused-ring (bicyclic) bond motifs is 4. The maximum atomic E-state index is 10.2. The van der Waals surface area contributed by atoms with Gasteiger partial charge < -0.3 is 13.9 Å². The Labute approximate surface area is 540 Å². The Balaban J connectivity index is 0.0000111. The Bertz CT molecular complexity index is 5700. The van der Waals surface area contributed by atoms with Crippen LogP contribution in [0.25, 0.3) is 72.3 Å². The molecule has 0 bridgehead atoms. The molecular weight excluding hydrogens is 1210 g/mol. The summed E-state index contributed by atoms with van der Waals surface area (Å²) in [6.07, 6.45) is 5.15. The molecule has 0 fully saturated rings. The molecule has 0 amide bonds. The third-order valence-electron chi connectivity index (χ3n) is 14.6. The van der Waals surface area contributed by atoms with E-state index in [9.17, 15) is 19.2 Å². The Kier molecular flexibility index (Phi) is 8.51. The van der Waals surface area contributed by atoms with Crippen molar-refractivity contribution in [2.75, 3.05) is 0 Å². The summed E-state index contributed by atoms with van der Waals surface area (Å²) in [7, 11) is -6.36. The predicted octanol–water partition coefficient (Wildman–Crippen LogP) is 15.5. The monoisotopic (exact) mass is 1300 g/mol. The van der Waals surface area contributed by atoms with Gasteiger partial charge in [0.2, 0.25) is 0 Å². The fraction of sp³-hybridized carbons (Fsp3) is 0.132. The summed E-state index contributed by atoms with van der Waals surface area (Å²) in [5, 5.41) is -1.56. The number of hydrogen-bond donors (Lipinski definition) is 0. The van der Waals surface area contributed by atoms with Crippen molar-refractivity contribution < 1.29 is 66.0 Å². The summed E-state index contributed by atoms with van der Waals surface area (Å²) in [5.74, 6) is 0.877. The SMILES string of the molecule is [2H]c1c([2H])c([2H])c(-c2cc(C(C)(C)C)c(-[n+]3[c-]n(-c4[c-]c(Oc5[c-]c6c(cc5)c5ccccc5n6-c5cc(C(C)(C)C)ccn5)ccc4)c4cc(-c5c(C([2H])([2H])[2H])cccc5C([2H])([2H])[2H])ccc43)c([Si](c3c([2H])c([2H])c([2H])c([2H])c3[2H])(c3c([2H])c([2H])c([2H])c([2H])c3[2H])c3c([2H])c([2H])c([2H])c([2H])c3[2H])c2)c([2H])c1[2H].[Pt]. The van der Waals surface area contributed by atoms with Gasteiger partial charge in [-0.05, 0) is 125 Å². The van der Waals surface area contributed by atoms with E-state index in [1.54, 1.807) is 51.2 Å². The summed E-state index contributed by atoms with van der Waals surface area (Å²) in [4.78, 5) is 4.82. The molecule has 0 N–H and O–H groups in total. The maximum absolute atomic E-state index is 10.2. The van der Waals surface area contributed by atoms with E-state index in [1.165, 1.54) is 51.6 Å². The van der Waals surface area contributed by atoms with Crippen molar-refractivity contribution in [3.63, 3.8) is 0 Å². The van der Waals surface area contributed by atoms with Crippen LogP contribution in [-0.4, -0.2) is 22.2 Å². The largest absolute Gasteiger partial charge is 0.510 e. The second-order valence-electron chi connectivity index (χ2n) is 21.7. The van der Waals surface area contributed by atoms with Gasteiger partial charge in [-0.1, -0.05) is 229 Å². The van der Waals surface area contributed by atoms with Gasteiger partial charge in [0.1, 0.15) is 5.82 Å². The number of aryl methyl sites for hydroxylation is 2. The first kappa shape index (κ1) is 32.2. The summed E-state index contributed by atoms with van der Waals surface area (Å²) in [6, 6.07) is 17.3. The van der Waals surface area contributed by atoms with Gasteiger partial charge in [0.05, 0.1) is 44.1 Å². The molecule has 410 valence electrons. The van der Waals surface area contributed by atoms with E-state index in [0.717, 1.165) is 27.9 Å². The molecule has 0 saturated carbocycles. The first-order chi connectivity index (χ1) is 50.5. The van der Waals surface area contributed by atoms with Crippen LogP contribution in [0, 0.1) is 32.2 Å². The molecule has 0 radical (unpaired) electrons. The summed E-state index contributed by atoms with van der Waals surface area (Å²) >= 11 is 0. The molecule has 0 aliphatic carbocycles.